The predicted octanol–water partition coefficient (Wildman–Crippen LogP) is 2.20. The Hall–Kier alpha value is -1.85. The van der Waals surface area contributed by atoms with Crippen LogP contribution in [-0.2, 0) is 16.0 Å². The first-order valence-electron chi connectivity index (χ1n) is 9.28. The number of rotatable bonds is 3. The van der Waals surface area contributed by atoms with Crippen molar-refractivity contribution in [2.45, 2.75) is 26.3 Å². The lowest BCUT2D eigenvalue weighted by Gasteiger charge is -2.34. The Kier molecular flexibility index (Phi) is 4.52. The van der Waals surface area contributed by atoms with Gasteiger partial charge in [-0.3, -0.25) is 9.69 Å². The fraction of sp³-hybridized carbons (Fsp3) is 0.550. The highest BCUT2D eigenvalue weighted by Gasteiger charge is 2.36. The van der Waals surface area contributed by atoms with Gasteiger partial charge in [0, 0.05) is 49.3 Å². The summed E-state index contributed by atoms with van der Waals surface area (Å²) in [5, 5.41) is 1.20. The second-order valence-electron chi connectivity index (χ2n) is 7.48. The Bertz CT molecular complexity index is 763. The monoisotopic (exact) mass is 341 g/mol. The minimum atomic E-state index is 0.242. The van der Waals surface area contributed by atoms with Crippen molar-refractivity contribution in [3.05, 3.63) is 35.5 Å². The fourth-order valence-electron chi connectivity index (χ4n) is 4.40. The van der Waals surface area contributed by atoms with E-state index in [2.05, 4.69) is 46.8 Å². The molecule has 3 heterocycles. The zero-order chi connectivity index (χ0) is 17.4. The molecule has 2 fully saturated rings. The quantitative estimate of drug-likeness (QED) is 0.931. The van der Waals surface area contributed by atoms with Gasteiger partial charge in [0.05, 0.1) is 19.6 Å². The van der Waals surface area contributed by atoms with E-state index in [1.807, 2.05) is 6.20 Å². The van der Waals surface area contributed by atoms with Gasteiger partial charge in [-0.2, -0.15) is 0 Å². The van der Waals surface area contributed by atoms with Crippen molar-refractivity contribution in [3.8, 4) is 0 Å². The minimum absolute atomic E-state index is 0.242. The Morgan fingerprint density at radius 1 is 1.28 bits per heavy atom. The third-order valence-corrected chi connectivity index (χ3v) is 5.78. The number of hydrogen-bond acceptors (Lipinski definition) is 3. The van der Waals surface area contributed by atoms with E-state index in [0.29, 0.717) is 18.4 Å². The van der Waals surface area contributed by atoms with E-state index in [1.54, 1.807) is 0 Å². The molecule has 5 heteroatoms. The first-order chi connectivity index (χ1) is 12.1. The summed E-state index contributed by atoms with van der Waals surface area (Å²) in [4.78, 5) is 20.8. The molecule has 2 aliphatic heterocycles. The van der Waals surface area contributed by atoms with E-state index >= 15 is 0 Å². The molecule has 0 aliphatic carbocycles. The summed E-state index contributed by atoms with van der Waals surface area (Å²) in [6, 6.07) is 6.70. The van der Waals surface area contributed by atoms with E-state index in [-0.39, 0.29) is 5.91 Å². The highest BCUT2D eigenvalue weighted by Crippen LogP contribution is 2.26. The number of likely N-dealkylation sites (tertiary alicyclic amines) is 1. The van der Waals surface area contributed by atoms with E-state index in [9.17, 15) is 4.79 Å². The number of aromatic amines is 1. The first-order valence-corrected chi connectivity index (χ1v) is 9.28. The van der Waals surface area contributed by atoms with Crippen LogP contribution in [0.5, 0.6) is 0 Å². The number of nitrogens with zero attached hydrogens (tertiary/aromatic N) is 2. The highest BCUT2D eigenvalue weighted by atomic mass is 16.5. The molecule has 1 amide bonds. The topological polar surface area (TPSA) is 48.6 Å². The number of hydrogen-bond donors (Lipinski definition) is 1. The molecule has 0 bridgehead atoms. The summed E-state index contributed by atoms with van der Waals surface area (Å²) < 4.78 is 5.47. The summed E-state index contributed by atoms with van der Waals surface area (Å²) in [6.45, 7) is 9.68. The number of amides is 1. The maximum atomic E-state index is 12.9. The molecular weight excluding hydrogens is 314 g/mol. The number of carbonyl (C=O) groups excluding carboxylic acids is 1. The van der Waals surface area contributed by atoms with E-state index in [1.165, 1.54) is 10.9 Å². The van der Waals surface area contributed by atoms with Crippen molar-refractivity contribution in [1.29, 1.82) is 0 Å². The SMILES string of the molecule is Cc1cccc2[nH]cc(CC(=O)N3C[C@@H](C)[C@@H](N4CCOCC4)C3)c12. The molecule has 0 unspecified atom stereocenters. The van der Waals surface area contributed by atoms with Crippen LogP contribution in [0.3, 0.4) is 0 Å². The molecule has 1 aromatic heterocycles. The van der Waals surface area contributed by atoms with Crippen LogP contribution in [-0.4, -0.2) is 66.1 Å². The Morgan fingerprint density at radius 3 is 2.88 bits per heavy atom. The molecular formula is C20H27N3O2. The highest BCUT2D eigenvalue weighted by molar-refractivity contribution is 5.91. The van der Waals surface area contributed by atoms with Crippen molar-refractivity contribution in [2.24, 2.45) is 5.92 Å². The maximum Gasteiger partial charge on any atom is 0.227 e. The summed E-state index contributed by atoms with van der Waals surface area (Å²) in [6.07, 6.45) is 2.47. The van der Waals surface area contributed by atoms with Gasteiger partial charge in [-0.1, -0.05) is 19.1 Å². The molecule has 4 rings (SSSR count). The molecule has 0 spiro atoms. The van der Waals surface area contributed by atoms with Crippen molar-refractivity contribution >= 4 is 16.8 Å². The average Bonchev–Trinajstić information content (AvgIpc) is 3.20. The molecule has 5 nitrogen and oxygen atoms in total. The van der Waals surface area contributed by atoms with Gasteiger partial charge in [0.15, 0.2) is 0 Å². The summed E-state index contributed by atoms with van der Waals surface area (Å²) in [7, 11) is 0. The number of carbonyl (C=O) groups is 1. The molecule has 25 heavy (non-hydrogen) atoms. The van der Waals surface area contributed by atoms with Gasteiger partial charge in [-0.25, -0.2) is 0 Å². The van der Waals surface area contributed by atoms with Gasteiger partial charge in [0.1, 0.15) is 0 Å². The zero-order valence-electron chi connectivity index (χ0n) is 15.1. The number of H-pyrrole nitrogens is 1. The molecule has 2 aromatic rings. The molecule has 2 atom stereocenters. The van der Waals surface area contributed by atoms with Gasteiger partial charge in [0.2, 0.25) is 5.91 Å². The van der Waals surface area contributed by atoms with Crippen molar-refractivity contribution in [1.82, 2.24) is 14.8 Å². The number of morpholine rings is 1. The van der Waals surface area contributed by atoms with Crippen LogP contribution in [0.25, 0.3) is 10.9 Å². The molecule has 0 radical (unpaired) electrons. The predicted molar refractivity (Wildman–Crippen MR) is 98.7 cm³/mol. The lowest BCUT2D eigenvalue weighted by molar-refractivity contribution is -0.129. The zero-order valence-corrected chi connectivity index (χ0v) is 15.1. The Labute approximate surface area is 148 Å². The summed E-state index contributed by atoms with van der Waals surface area (Å²) in [5.74, 6) is 0.763. The van der Waals surface area contributed by atoms with Gasteiger partial charge in [-0.15, -0.1) is 0 Å². The minimum Gasteiger partial charge on any atom is -0.379 e. The Balaban J connectivity index is 1.46. The smallest absolute Gasteiger partial charge is 0.227 e. The third-order valence-electron chi connectivity index (χ3n) is 5.78. The van der Waals surface area contributed by atoms with Crippen LogP contribution in [0.15, 0.2) is 24.4 Å². The maximum absolute atomic E-state index is 12.9. The largest absolute Gasteiger partial charge is 0.379 e. The van der Waals surface area contributed by atoms with E-state index < -0.39 is 0 Å². The van der Waals surface area contributed by atoms with Gasteiger partial charge in [-0.05, 0) is 30.0 Å². The van der Waals surface area contributed by atoms with Crippen molar-refractivity contribution in [3.63, 3.8) is 0 Å². The first kappa shape index (κ1) is 16.6. The van der Waals surface area contributed by atoms with Crippen LogP contribution in [0.4, 0.5) is 0 Å². The number of fused-ring (bicyclic) bond motifs is 1. The normalized spacial score (nSPS) is 25.0. The number of benzene rings is 1. The Morgan fingerprint density at radius 2 is 2.08 bits per heavy atom. The third kappa shape index (κ3) is 3.18. The molecule has 2 saturated heterocycles. The number of ether oxygens (including phenoxy) is 1. The van der Waals surface area contributed by atoms with Crippen LogP contribution < -0.4 is 0 Å². The average molecular weight is 341 g/mol. The van der Waals surface area contributed by atoms with Gasteiger partial charge < -0.3 is 14.6 Å². The van der Waals surface area contributed by atoms with E-state index in [0.717, 1.165) is 50.5 Å². The van der Waals surface area contributed by atoms with Crippen LogP contribution in [0, 0.1) is 12.8 Å². The van der Waals surface area contributed by atoms with Crippen molar-refractivity contribution < 1.29 is 9.53 Å². The summed E-state index contributed by atoms with van der Waals surface area (Å²) >= 11 is 0. The van der Waals surface area contributed by atoms with Crippen molar-refractivity contribution in [2.75, 3.05) is 39.4 Å². The standard InChI is InChI=1S/C20H27N3O2/c1-14-4-3-5-17-20(14)16(11-21-17)10-19(24)23-12-15(2)18(13-23)22-6-8-25-9-7-22/h3-5,11,15,18,21H,6-10,12-13H2,1-2H3/t15-,18+/m1/s1. The second-order valence-corrected chi connectivity index (χ2v) is 7.48. The fourth-order valence-corrected chi connectivity index (χ4v) is 4.40. The van der Waals surface area contributed by atoms with Gasteiger partial charge >= 0.3 is 0 Å². The lowest BCUT2D eigenvalue weighted by Crippen LogP contribution is -2.47. The summed E-state index contributed by atoms with van der Waals surface area (Å²) in [5.41, 5.74) is 3.45. The molecule has 1 aromatic carbocycles. The second kappa shape index (κ2) is 6.81. The number of aryl methyl sites for hydroxylation is 1. The van der Waals surface area contributed by atoms with Crippen LogP contribution in [0.2, 0.25) is 0 Å². The molecule has 0 saturated carbocycles. The van der Waals surface area contributed by atoms with Gasteiger partial charge in [0.25, 0.3) is 0 Å². The van der Waals surface area contributed by atoms with Crippen LogP contribution in [0.1, 0.15) is 18.1 Å². The number of aromatic nitrogens is 1. The van der Waals surface area contributed by atoms with E-state index in [4.69, 9.17) is 4.74 Å². The lowest BCUT2D eigenvalue weighted by atomic mass is 10.0. The molecule has 1 N–H and O–H groups in total. The molecule has 134 valence electrons. The number of nitrogens with one attached hydrogen (secondary N) is 1. The molecule has 2 aliphatic rings. The van der Waals surface area contributed by atoms with Crippen LogP contribution >= 0.6 is 0 Å².